The molecule has 1 atom stereocenters. The van der Waals surface area contributed by atoms with Gasteiger partial charge in [-0.25, -0.2) is 4.79 Å². The minimum Gasteiger partial charge on any atom is -0.462 e. The Morgan fingerprint density at radius 2 is 2.00 bits per heavy atom. The first kappa shape index (κ1) is 18.2. The number of hydrogen-bond acceptors (Lipinski definition) is 3. The summed E-state index contributed by atoms with van der Waals surface area (Å²) in [6, 6.07) is 10.3. The highest BCUT2D eigenvalue weighted by Gasteiger charge is 2.29. The van der Waals surface area contributed by atoms with Gasteiger partial charge in [-0.15, -0.1) is 0 Å². The summed E-state index contributed by atoms with van der Waals surface area (Å²) in [5, 5.41) is 0. The molecular weight excluding hydrogens is 328 g/mol. The summed E-state index contributed by atoms with van der Waals surface area (Å²) in [6.45, 7) is 6.12. The minimum absolute atomic E-state index is 0.0453. The summed E-state index contributed by atoms with van der Waals surface area (Å²) in [5.74, 6) is -0.290. The molecule has 0 aliphatic heterocycles. The van der Waals surface area contributed by atoms with Gasteiger partial charge >= 0.3 is 5.97 Å². The zero-order chi connectivity index (χ0) is 18.8. The number of benzene rings is 1. The van der Waals surface area contributed by atoms with Crippen LogP contribution in [0.3, 0.4) is 0 Å². The van der Waals surface area contributed by atoms with Crippen LogP contribution in [0.2, 0.25) is 0 Å². The van der Waals surface area contributed by atoms with Crippen LogP contribution >= 0.6 is 0 Å². The quantitative estimate of drug-likeness (QED) is 0.773. The minimum atomic E-state index is -0.336. The molecule has 1 aromatic carbocycles. The molecule has 1 amide bonds. The smallest absolute Gasteiger partial charge is 0.339 e. The third-order valence-corrected chi connectivity index (χ3v) is 5.32. The van der Waals surface area contributed by atoms with Crippen LogP contribution in [0.25, 0.3) is 0 Å². The fourth-order valence-corrected chi connectivity index (χ4v) is 3.82. The topological polar surface area (TPSA) is 51.5 Å². The molecule has 1 aliphatic rings. The number of aromatic nitrogens is 1. The Morgan fingerprint density at radius 1 is 1.27 bits per heavy atom. The predicted octanol–water partition coefficient (Wildman–Crippen LogP) is 3.43. The van der Waals surface area contributed by atoms with Crippen LogP contribution in [0.15, 0.2) is 30.3 Å². The van der Waals surface area contributed by atoms with Crippen molar-refractivity contribution in [2.24, 2.45) is 0 Å². The lowest BCUT2D eigenvalue weighted by Gasteiger charge is -2.26. The number of esters is 1. The molecule has 1 heterocycles. The molecule has 0 fully saturated rings. The Kier molecular flexibility index (Phi) is 5.16. The summed E-state index contributed by atoms with van der Waals surface area (Å²) in [6.07, 6.45) is 1.96. The number of rotatable bonds is 5. The van der Waals surface area contributed by atoms with Crippen LogP contribution in [-0.2, 0) is 22.5 Å². The third-order valence-electron chi connectivity index (χ3n) is 5.32. The average Bonchev–Trinajstić information content (AvgIpc) is 3.17. The number of amides is 1. The molecule has 5 nitrogen and oxygen atoms in total. The van der Waals surface area contributed by atoms with E-state index in [1.165, 1.54) is 11.1 Å². The number of aryl methyl sites for hydroxylation is 2. The average molecular weight is 354 g/mol. The van der Waals surface area contributed by atoms with E-state index in [-0.39, 0.29) is 24.5 Å². The van der Waals surface area contributed by atoms with Crippen molar-refractivity contribution in [1.82, 2.24) is 9.47 Å². The van der Waals surface area contributed by atoms with E-state index in [0.717, 1.165) is 24.2 Å². The number of ether oxygens (including phenoxy) is 1. The lowest BCUT2D eigenvalue weighted by atomic mass is 10.1. The van der Waals surface area contributed by atoms with E-state index >= 15 is 0 Å². The Labute approximate surface area is 154 Å². The second kappa shape index (κ2) is 7.36. The van der Waals surface area contributed by atoms with E-state index < -0.39 is 0 Å². The van der Waals surface area contributed by atoms with E-state index in [4.69, 9.17) is 4.74 Å². The first-order chi connectivity index (χ1) is 12.4. The van der Waals surface area contributed by atoms with Gasteiger partial charge in [-0.2, -0.15) is 0 Å². The molecule has 138 valence electrons. The molecule has 0 saturated heterocycles. The molecule has 0 spiro atoms. The normalized spacial score (nSPS) is 15.6. The van der Waals surface area contributed by atoms with Gasteiger partial charge in [0.05, 0.1) is 18.2 Å². The standard InChI is InChI=1S/C21H26N2O3/c1-5-26-21(25)18-12-14(2)23(15(18)3)13-20(24)22(4)19-11-10-16-8-6-7-9-17(16)19/h6-9,12,19H,5,10-11,13H2,1-4H3/t19-/m1/s1. The zero-order valence-electron chi connectivity index (χ0n) is 15.9. The molecule has 5 heteroatoms. The monoisotopic (exact) mass is 354 g/mol. The van der Waals surface area contributed by atoms with Crippen LogP contribution in [0.4, 0.5) is 0 Å². The van der Waals surface area contributed by atoms with Gasteiger partial charge in [-0.3, -0.25) is 4.79 Å². The SMILES string of the molecule is CCOC(=O)c1cc(C)n(CC(=O)N(C)[C@@H]2CCc3ccccc32)c1C. The maximum atomic E-state index is 12.9. The number of nitrogens with zero attached hydrogens (tertiary/aromatic N) is 2. The molecular formula is C21H26N2O3. The van der Waals surface area contributed by atoms with E-state index in [1.54, 1.807) is 13.0 Å². The lowest BCUT2D eigenvalue weighted by molar-refractivity contribution is -0.132. The first-order valence-corrected chi connectivity index (χ1v) is 9.11. The van der Waals surface area contributed by atoms with Gasteiger partial charge in [0.2, 0.25) is 5.91 Å². The number of fused-ring (bicyclic) bond motifs is 1. The lowest BCUT2D eigenvalue weighted by Crippen LogP contribution is -2.33. The molecule has 1 aliphatic carbocycles. The molecule has 0 radical (unpaired) electrons. The van der Waals surface area contributed by atoms with Gasteiger partial charge in [0.15, 0.2) is 0 Å². The Morgan fingerprint density at radius 3 is 2.73 bits per heavy atom. The molecule has 3 rings (SSSR count). The van der Waals surface area contributed by atoms with Crippen LogP contribution in [0.5, 0.6) is 0 Å². The Balaban J connectivity index is 1.77. The van der Waals surface area contributed by atoms with E-state index in [9.17, 15) is 9.59 Å². The van der Waals surface area contributed by atoms with Gasteiger partial charge in [0, 0.05) is 18.4 Å². The van der Waals surface area contributed by atoms with Crippen LogP contribution in [0, 0.1) is 13.8 Å². The summed E-state index contributed by atoms with van der Waals surface area (Å²) in [4.78, 5) is 26.8. The van der Waals surface area contributed by atoms with Crippen LogP contribution in [0.1, 0.15) is 52.3 Å². The van der Waals surface area contributed by atoms with Gasteiger partial charge in [-0.1, -0.05) is 24.3 Å². The molecule has 0 N–H and O–H groups in total. The van der Waals surface area contributed by atoms with Crippen molar-refractivity contribution in [2.75, 3.05) is 13.7 Å². The summed E-state index contributed by atoms with van der Waals surface area (Å²) in [5.41, 5.74) is 4.77. The van der Waals surface area contributed by atoms with E-state index in [2.05, 4.69) is 12.1 Å². The van der Waals surface area contributed by atoms with Crippen molar-refractivity contribution in [1.29, 1.82) is 0 Å². The zero-order valence-corrected chi connectivity index (χ0v) is 15.9. The molecule has 0 unspecified atom stereocenters. The second-order valence-electron chi connectivity index (χ2n) is 6.85. The second-order valence-corrected chi connectivity index (χ2v) is 6.85. The third kappa shape index (κ3) is 3.26. The van der Waals surface area contributed by atoms with Gasteiger partial charge in [0.25, 0.3) is 0 Å². The maximum absolute atomic E-state index is 12.9. The van der Waals surface area contributed by atoms with Crippen molar-refractivity contribution in [3.63, 3.8) is 0 Å². The van der Waals surface area contributed by atoms with Gasteiger partial charge < -0.3 is 14.2 Å². The number of likely N-dealkylation sites (N-methyl/N-ethyl adjacent to an activating group) is 1. The molecule has 2 aromatic rings. The number of carbonyl (C=O) groups is 2. The van der Waals surface area contributed by atoms with Gasteiger partial charge in [0.1, 0.15) is 6.54 Å². The van der Waals surface area contributed by atoms with E-state index in [1.807, 2.05) is 42.5 Å². The predicted molar refractivity (Wildman–Crippen MR) is 100 cm³/mol. The molecule has 1 aromatic heterocycles. The maximum Gasteiger partial charge on any atom is 0.339 e. The molecule has 0 saturated carbocycles. The van der Waals surface area contributed by atoms with Crippen LogP contribution < -0.4 is 0 Å². The van der Waals surface area contributed by atoms with Crippen molar-refractivity contribution >= 4 is 11.9 Å². The van der Waals surface area contributed by atoms with E-state index in [0.29, 0.717) is 12.2 Å². The molecule has 0 bridgehead atoms. The highest BCUT2D eigenvalue weighted by Crippen LogP contribution is 2.35. The van der Waals surface area contributed by atoms with Gasteiger partial charge in [-0.05, 0) is 50.8 Å². The Hall–Kier alpha value is -2.56. The summed E-state index contributed by atoms with van der Waals surface area (Å²) in [7, 11) is 1.87. The highest BCUT2D eigenvalue weighted by molar-refractivity contribution is 5.91. The van der Waals surface area contributed by atoms with Crippen LogP contribution in [-0.4, -0.2) is 35.0 Å². The summed E-state index contributed by atoms with van der Waals surface area (Å²) < 4.78 is 7.00. The first-order valence-electron chi connectivity index (χ1n) is 9.11. The number of hydrogen-bond donors (Lipinski definition) is 0. The Bertz CT molecular complexity index is 838. The van der Waals surface area contributed by atoms with Crippen molar-refractivity contribution < 1.29 is 14.3 Å². The summed E-state index contributed by atoms with van der Waals surface area (Å²) >= 11 is 0. The van der Waals surface area contributed by atoms with Crippen molar-refractivity contribution in [3.8, 4) is 0 Å². The number of carbonyl (C=O) groups excluding carboxylic acids is 2. The molecule has 26 heavy (non-hydrogen) atoms. The fourth-order valence-electron chi connectivity index (χ4n) is 3.82. The van der Waals surface area contributed by atoms with Crippen molar-refractivity contribution in [3.05, 3.63) is 58.4 Å². The fraction of sp³-hybridized carbons (Fsp3) is 0.429. The van der Waals surface area contributed by atoms with Crippen molar-refractivity contribution in [2.45, 2.75) is 46.2 Å². The largest absolute Gasteiger partial charge is 0.462 e. The highest BCUT2D eigenvalue weighted by atomic mass is 16.5.